The van der Waals surface area contributed by atoms with E-state index in [9.17, 15) is 9.18 Å². The fourth-order valence-corrected chi connectivity index (χ4v) is 3.28. The van der Waals surface area contributed by atoms with Crippen molar-refractivity contribution in [3.63, 3.8) is 0 Å². The van der Waals surface area contributed by atoms with Crippen LogP contribution in [0.2, 0.25) is 0 Å². The van der Waals surface area contributed by atoms with E-state index in [4.69, 9.17) is 0 Å². The van der Waals surface area contributed by atoms with Crippen LogP contribution in [0.4, 0.5) is 4.39 Å². The van der Waals surface area contributed by atoms with Crippen molar-refractivity contribution in [1.29, 1.82) is 0 Å². The summed E-state index contributed by atoms with van der Waals surface area (Å²) >= 11 is 0. The Balaban J connectivity index is 2.00. The third kappa shape index (κ3) is 2.62. The van der Waals surface area contributed by atoms with Gasteiger partial charge in [0.1, 0.15) is 12.5 Å². The summed E-state index contributed by atoms with van der Waals surface area (Å²) in [6, 6.07) is 0.345. The van der Waals surface area contributed by atoms with Gasteiger partial charge in [-0.25, -0.2) is 4.39 Å². The highest BCUT2D eigenvalue weighted by Gasteiger charge is 2.34. The van der Waals surface area contributed by atoms with Crippen LogP contribution in [0.3, 0.4) is 0 Å². The number of piperidine rings is 1. The Hall–Kier alpha value is -0.440. The van der Waals surface area contributed by atoms with Crippen molar-refractivity contribution in [1.82, 2.24) is 4.90 Å². The van der Waals surface area contributed by atoms with Gasteiger partial charge in [0.25, 0.3) is 0 Å². The molecule has 2 atom stereocenters. The van der Waals surface area contributed by atoms with Crippen molar-refractivity contribution in [3.05, 3.63) is 0 Å². The molecule has 0 aromatic carbocycles. The lowest BCUT2D eigenvalue weighted by Crippen LogP contribution is -2.48. The molecule has 2 fully saturated rings. The largest absolute Gasteiger partial charge is 0.299 e. The van der Waals surface area contributed by atoms with Crippen LogP contribution < -0.4 is 0 Å². The molecule has 2 aliphatic rings. The van der Waals surface area contributed by atoms with Crippen molar-refractivity contribution in [2.24, 2.45) is 5.92 Å². The fraction of sp³-hybridized carbons (Fsp3) is 0.923. The lowest BCUT2D eigenvalue weighted by Gasteiger charge is -2.40. The summed E-state index contributed by atoms with van der Waals surface area (Å²) in [7, 11) is 0. The summed E-state index contributed by atoms with van der Waals surface area (Å²) in [6.07, 6.45) is 7.49. The standard InChI is InChI=1S/C13H22FNO/c14-8-10-15-9-4-3-6-12(15)11-5-1-2-7-13(11)16/h11-12H,1-10H2. The minimum absolute atomic E-state index is 0.209. The maximum atomic E-state index is 12.5. The van der Waals surface area contributed by atoms with Crippen LogP contribution in [0.15, 0.2) is 0 Å². The van der Waals surface area contributed by atoms with Gasteiger partial charge < -0.3 is 0 Å². The minimum Gasteiger partial charge on any atom is -0.299 e. The van der Waals surface area contributed by atoms with Crippen LogP contribution in [0.25, 0.3) is 0 Å². The van der Waals surface area contributed by atoms with Crippen LogP contribution in [0.1, 0.15) is 44.9 Å². The first-order chi connectivity index (χ1) is 7.83. The number of ketones is 1. The zero-order valence-corrected chi connectivity index (χ0v) is 9.96. The van der Waals surface area contributed by atoms with E-state index in [1.807, 2.05) is 0 Å². The Labute approximate surface area is 97.2 Å². The van der Waals surface area contributed by atoms with Crippen LogP contribution in [-0.2, 0) is 4.79 Å². The topological polar surface area (TPSA) is 20.3 Å². The van der Waals surface area contributed by atoms with E-state index in [-0.39, 0.29) is 12.6 Å². The van der Waals surface area contributed by atoms with Gasteiger partial charge in [-0.2, -0.15) is 0 Å². The lowest BCUT2D eigenvalue weighted by molar-refractivity contribution is -0.127. The molecule has 1 heterocycles. The Morgan fingerprint density at radius 3 is 2.75 bits per heavy atom. The predicted octanol–water partition coefficient (Wildman–Crippen LogP) is 2.57. The number of carbonyl (C=O) groups is 1. The van der Waals surface area contributed by atoms with E-state index in [0.29, 0.717) is 18.4 Å². The highest BCUT2D eigenvalue weighted by molar-refractivity contribution is 5.82. The van der Waals surface area contributed by atoms with Crippen molar-refractivity contribution >= 4 is 5.78 Å². The smallest absolute Gasteiger partial charge is 0.137 e. The summed E-state index contributed by atoms with van der Waals surface area (Å²) in [4.78, 5) is 14.1. The second-order valence-corrected chi connectivity index (χ2v) is 5.11. The molecule has 3 heteroatoms. The molecule has 0 spiro atoms. The maximum absolute atomic E-state index is 12.5. The number of rotatable bonds is 3. The van der Waals surface area contributed by atoms with Crippen molar-refractivity contribution < 1.29 is 9.18 Å². The fourth-order valence-electron chi connectivity index (χ4n) is 3.28. The highest BCUT2D eigenvalue weighted by atomic mass is 19.1. The molecule has 0 radical (unpaired) electrons. The third-order valence-electron chi connectivity index (χ3n) is 4.10. The van der Waals surface area contributed by atoms with Crippen LogP contribution in [-0.4, -0.2) is 36.5 Å². The van der Waals surface area contributed by atoms with E-state index in [1.54, 1.807) is 0 Å². The lowest BCUT2D eigenvalue weighted by atomic mass is 9.79. The van der Waals surface area contributed by atoms with Gasteiger partial charge in [0.15, 0.2) is 0 Å². The summed E-state index contributed by atoms with van der Waals surface area (Å²) in [5.41, 5.74) is 0. The van der Waals surface area contributed by atoms with E-state index in [1.165, 1.54) is 12.8 Å². The molecule has 2 nitrogen and oxygen atoms in total. The van der Waals surface area contributed by atoms with Crippen LogP contribution in [0.5, 0.6) is 0 Å². The molecule has 92 valence electrons. The molecular formula is C13H22FNO. The van der Waals surface area contributed by atoms with Gasteiger partial charge in [-0.3, -0.25) is 9.69 Å². The van der Waals surface area contributed by atoms with Gasteiger partial charge in [-0.05, 0) is 32.2 Å². The zero-order valence-electron chi connectivity index (χ0n) is 9.96. The number of hydrogen-bond acceptors (Lipinski definition) is 2. The summed E-state index contributed by atoms with van der Waals surface area (Å²) in [5, 5.41) is 0. The predicted molar refractivity (Wildman–Crippen MR) is 62.2 cm³/mol. The number of likely N-dealkylation sites (tertiary alicyclic amines) is 1. The molecule has 1 aliphatic heterocycles. The van der Waals surface area contributed by atoms with Crippen molar-refractivity contribution in [3.8, 4) is 0 Å². The van der Waals surface area contributed by atoms with Crippen molar-refractivity contribution in [2.45, 2.75) is 51.0 Å². The number of carbonyl (C=O) groups excluding carboxylic acids is 1. The third-order valence-corrected chi connectivity index (χ3v) is 4.10. The Morgan fingerprint density at radius 1 is 1.19 bits per heavy atom. The molecule has 2 rings (SSSR count). The average Bonchev–Trinajstić information content (AvgIpc) is 2.31. The molecule has 1 saturated carbocycles. The SMILES string of the molecule is O=C1CCCCC1C1CCCCN1CCF. The van der Waals surface area contributed by atoms with Gasteiger partial charge in [-0.1, -0.05) is 12.8 Å². The zero-order chi connectivity index (χ0) is 11.4. The Kier molecular flexibility index (Phi) is 4.33. The van der Waals surface area contributed by atoms with Crippen LogP contribution in [0, 0.1) is 5.92 Å². The molecule has 1 saturated heterocycles. The summed E-state index contributed by atoms with van der Waals surface area (Å²) in [6.45, 7) is 1.23. The van der Waals surface area contributed by atoms with Gasteiger partial charge >= 0.3 is 0 Å². The van der Waals surface area contributed by atoms with E-state index in [0.717, 1.165) is 38.6 Å². The van der Waals surface area contributed by atoms with E-state index < -0.39 is 0 Å². The second-order valence-electron chi connectivity index (χ2n) is 5.11. The maximum Gasteiger partial charge on any atom is 0.137 e. The number of Topliss-reactive ketones (excluding diaryl/α,β-unsaturated/α-hetero) is 1. The number of alkyl halides is 1. The molecule has 0 N–H and O–H groups in total. The van der Waals surface area contributed by atoms with E-state index in [2.05, 4.69) is 4.90 Å². The monoisotopic (exact) mass is 227 g/mol. The van der Waals surface area contributed by atoms with Gasteiger partial charge in [0, 0.05) is 24.9 Å². The molecule has 0 amide bonds. The van der Waals surface area contributed by atoms with E-state index >= 15 is 0 Å². The number of nitrogens with zero attached hydrogens (tertiary/aromatic N) is 1. The first-order valence-corrected chi connectivity index (χ1v) is 6.65. The Bertz CT molecular complexity index is 242. The highest BCUT2D eigenvalue weighted by Crippen LogP contribution is 2.31. The first-order valence-electron chi connectivity index (χ1n) is 6.65. The minimum atomic E-state index is -0.280. The molecule has 0 aromatic rings. The number of hydrogen-bond donors (Lipinski definition) is 0. The van der Waals surface area contributed by atoms with Gasteiger partial charge in [0.2, 0.25) is 0 Å². The van der Waals surface area contributed by atoms with Crippen molar-refractivity contribution in [2.75, 3.05) is 19.8 Å². The quantitative estimate of drug-likeness (QED) is 0.738. The first kappa shape index (κ1) is 12.0. The van der Waals surface area contributed by atoms with Gasteiger partial charge in [0.05, 0.1) is 0 Å². The molecular weight excluding hydrogens is 205 g/mol. The number of halogens is 1. The normalized spacial score (nSPS) is 32.9. The van der Waals surface area contributed by atoms with Gasteiger partial charge in [-0.15, -0.1) is 0 Å². The molecule has 1 aliphatic carbocycles. The van der Waals surface area contributed by atoms with Crippen LogP contribution >= 0.6 is 0 Å². The summed E-state index contributed by atoms with van der Waals surface area (Å²) in [5.74, 6) is 0.641. The second kappa shape index (κ2) is 5.76. The molecule has 16 heavy (non-hydrogen) atoms. The molecule has 0 aromatic heterocycles. The molecule has 0 bridgehead atoms. The Morgan fingerprint density at radius 2 is 2.00 bits per heavy atom. The molecule has 2 unspecified atom stereocenters. The average molecular weight is 227 g/mol. The summed E-state index contributed by atoms with van der Waals surface area (Å²) < 4.78 is 12.5.